The first-order chi connectivity index (χ1) is 22.3. The number of halogens is 1. The number of benzene rings is 1. The van der Waals surface area contributed by atoms with E-state index in [0.29, 0.717) is 31.5 Å². The maximum Gasteiger partial charge on any atom is 0.407 e. The summed E-state index contributed by atoms with van der Waals surface area (Å²) in [6.45, 7) is 15.0. The van der Waals surface area contributed by atoms with Gasteiger partial charge in [0.2, 0.25) is 0 Å². The van der Waals surface area contributed by atoms with E-state index >= 15 is 0 Å². The predicted octanol–water partition coefficient (Wildman–Crippen LogP) is 7.08. The third-order valence-corrected chi connectivity index (χ3v) is 11.1. The topological polar surface area (TPSA) is 109 Å². The van der Waals surface area contributed by atoms with Crippen LogP contribution in [-0.2, 0) is 27.5 Å². The highest BCUT2D eigenvalue weighted by atomic mass is 35.5. The highest BCUT2D eigenvalue weighted by Gasteiger charge is 2.42. The molecule has 4 aromatic rings. The van der Waals surface area contributed by atoms with Crippen LogP contribution in [0.5, 0.6) is 0 Å². The number of carbonyl (C=O) groups is 1. The van der Waals surface area contributed by atoms with Gasteiger partial charge in [-0.1, -0.05) is 37.3 Å². The number of carbonyl (C=O) groups excluding carboxylic acids is 1. The summed E-state index contributed by atoms with van der Waals surface area (Å²) in [4.78, 5) is 25.2. The average Bonchev–Trinajstić information content (AvgIpc) is 3.64. The normalized spacial score (nSPS) is 20.0. The molecule has 2 bridgehead atoms. The number of fused-ring (bicyclic) bond motifs is 4. The second-order valence-corrected chi connectivity index (χ2v) is 21.1. The van der Waals surface area contributed by atoms with E-state index in [1.807, 2.05) is 50.0 Å². The molecule has 1 amide bonds. The zero-order valence-corrected chi connectivity index (χ0v) is 30.4. The van der Waals surface area contributed by atoms with Crippen LogP contribution in [0.3, 0.4) is 0 Å². The minimum absolute atomic E-state index is 0.0708. The Hall–Kier alpha value is -3.19. The maximum absolute atomic E-state index is 12.5. The molecule has 2 atom stereocenters. The average molecular weight is 682 g/mol. The number of hydrogen-bond donors (Lipinski definition) is 1. The summed E-state index contributed by atoms with van der Waals surface area (Å²) in [5.74, 6) is 0.856. The van der Waals surface area contributed by atoms with Gasteiger partial charge in [0.05, 0.1) is 29.9 Å². The van der Waals surface area contributed by atoms with Crippen molar-refractivity contribution >= 4 is 53.7 Å². The first-order valence-corrected chi connectivity index (χ1v) is 20.7. The Morgan fingerprint density at radius 3 is 2.51 bits per heavy atom. The molecule has 3 aromatic heterocycles. The van der Waals surface area contributed by atoms with Gasteiger partial charge in [0.1, 0.15) is 23.7 Å². The second kappa shape index (κ2) is 13.4. The monoisotopic (exact) mass is 681 g/mol. The van der Waals surface area contributed by atoms with E-state index in [9.17, 15) is 4.79 Å². The molecule has 5 heterocycles. The van der Waals surface area contributed by atoms with Gasteiger partial charge >= 0.3 is 6.09 Å². The van der Waals surface area contributed by atoms with E-state index in [-0.39, 0.29) is 24.2 Å². The standard InChI is InChI=1S/C34H48ClN7O4Si/c1-34(2,3)46-33(43)37-22-16-23-8-9-24(17-22)42(23)29-18-36-31-26(19-40(32(31)38-29)21-45-14-15-47(5,6)7)25-10-11-28-27(30(25)35)20-41(39-28)12-13-44-4/h10-11,18-20,22-24H,8-9,12-17,21H2,1-7H3,(H,37,43). The van der Waals surface area contributed by atoms with Gasteiger partial charge in [-0.3, -0.25) is 4.68 Å². The smallest absolute Gasteiger partial charge is 0.407 e. The Labute approximate surface area is 282 Å². The van der Waals surface area contributed by atoms with Gasteiger partial charge in [0.15, 0.2) is 5.65 Å². The van der Waals surface area contributed by atoms with Gasteiger partial charge in [-0.05, 0) is 58.6 Å². The molecule has 0 aliphatic carbocycles. The lowest BCUT2D eigenvalue weighted by Gasteiger charge is -2.39. The van der Waals surface area contributed by atoms with Gasteiger partial charge in [0.25, 0.3) is 0 Å². The number of anilines is 1. The van der Waals surface area contributed by atoms with E-state index < -0.39 is 13.7 Å². The Bertz CT molecular complexity index is 1730. The highest BCUT2D eigenvalue weighted by Crippen LogP contribution is 2.41. The van der Waals surface area contributed by atoms with Gasteiger partial charge in [-0.25, -0.2) is 14.8 Å². The van der Waals surface area contributed by atoms with Crippen molar-refractivity contribution in [2.24, 2.45) is 0 Å². The molecular weight excluding hydrogens is 634 g/mol. The summed E-state index contributed by atoms with van der Waals surface area (Å²) in [6, 6.07) is 5.71. The number of nitrogens with one attached hydrogen (secondary N) is 1. The van der Waals surface area contributed by atoms with Crippen molar-refractivity contribution in [2.75, 3.05) is 25.2 Å². The molecule has 2 unspecified atom stereocenters. The lowest BCUT2D eigenvalue weighted by Crippen LogP contribution is -2.51. The predicted molar refractivity (Wildman–Crippen MR) is 189 cm³/mol. The summed E-state index contributed by atoms with van der Waals surface area (Å²) < 4.78 is 20.9. The fraction of sp³-hybridized carbons (Fsp3) is 0.588. The molecule has 1 N–H and O–H groups in total. The number of alkyl carbamates (subject to hydrolysis) is 1. The SMILES string of the molecule is COCCn1cc2c(Cl)c(-c3cn(COCC[Si](C)(C)C)c4nc(N5C6CCC5CC(NC(=O)OC(C)(C)C)C6)cnc34)ccc2n1. The van der Waals surface area contributed by atoms with Crippen LogP contribution in [0.1, 0.15) is 46.5 Å². The van der Waals surface area contributed by atoms with Gasteiger partial charge in [-0.2, -0.15) is 5.10 Å². The molecule has 2 aliphatic heterocycles. The van der Waals surface area contributed by atoms with Crippen LogP contribution in [-0.4, -0.2) is 82.5 Å². The molecule has 0 spiro atoms. The third-order valence-electron chi connectivity index (χ3n) is 8.98. The second-order valence-electron chi connectivity index (χ2n) is 15.1. The van der Waals surface area contributed by atoms with Gasteiger partial charge < -0.3 is 29.0 Å². The maximum atomic E-state index is 12.5. The summed E-state index contributed by atoms with van der Waals surface area (Å²) in [5, 5.41) is 9.30. The summed E-state index contributed by atoms with van der Waals surface area (Å²) in [6.07, 6.45) is 9.37. The van der Waals surface area contributed by atoms with Crippen molar-refractivity contribution in [3.8, 4) is 11.1 Å². The largest absolute Gasteiger partial charge is 0.444 e. The van der Waals surface area contributed by atoms with Crippen LogP contribution in [0, 0.1) is 0 Å². The highest BCUT2D eigenvalue weighted by molar-refractivity contribution is 6.76. The summed E-state index contributed by atoms with van der Waals surface area (Å²) >= 11 is 7.08. The van der Waals surface area contributed by atoms with Crippen molar-refractivity contribution < 1.29 is 19.0 Å². The summed E-state index contributed by atoms with van der Waals surface area (Å²) in [5.41, 5.74) is 3.65. The van der Waals surface area contributed by atoms with Crippen LogP contribution < -0.4 is 10.2 Å². The van der Waals surface area contributed by atoms with Crippen molar-refractivity contribution in [1.29, 1.82) is 0 Å². The van der Waals surface area contributed by atoms with E-state index in [1.165, 1.54) is 0 Å². The molecule has 2 saturated heterocycles. The van der Waals surface area contributed by atoms with Crippen LogP contribution in [0.2, 0.25) is 30.7 Å². The molecule has 47 heavy (non-hydrogen) atoms. The Morgan fingerprint density at radius 1 is 1.09 bits per heavy atom. The van der Waals surface area contributed by atoms with Crippen LogP contribution >= 0.6 is 11.6 Å². The van der Waals surface area contributed by atoms with Crippen molar-refractivity contribution in [2.45, 2.75) is 109 Å². The van der Waals surface area contributed by atoms with E-state index in [1.54, 1.807) is 7.11 Å². The van der Waals surface area contributed by atoms with Crippen molar-refractivity contribution in [3.63, 3.8) is 0 Å². The Morgan fingerprint density at radius 2 is 1.83 bits per heavy atom. The molecule has 254 valence electrons. The number of aromatic nitrogens is 5. The first-order valence-electron chi connectivity index (χ1n) is 16.7. The fourth-order valence-corrected chi connectivity index (χ4v) is 7.83. The Kier molecular flexibility index (Phi) is 9.59. The minimum atomic E-state index is -1.24. The molecule has 1 aromatic carbocycles. The number of amides is 1. The number of piperidine rings is 1. The number of rotatable bonds is 11. The third kappa shape index (κ3) is 7.61. The molecule has 6 rings (SSSR count). The number of nitrogens with zero attached hydrogens (tertiary/aromatic N) is 6. The van der Waals surface area contributed by atoms with E-state index in [0.717, 1.165) is 70.7 Å². The molecule has 2 fully saturated rings. The zero-order valence-electron chi connectivity index (χ0n) is 28.7. The lowest BCUT2D eigenvalue weighted by atomic mass is 9.97. The van der Waals surface area contributed by atoms with Gasteiger partial charge in [-0.15, -0.1) is 0 Å². The molecule has 0 radical (unpaired) electrons. The summed E-state index contributed by atoms with van der Waals surface area (Å²) in [7, 11) is 0.442. The Balaban J connectivity index is 1.30. The zero-order chi connectivity index (χ0) is 33.5. The number of hydrogen-bond acceptors (Lipinski definition) is 8. The number of ether oxygens (including phenoxy) is 3. The lowest BCUT2D eigenvalue weighted by molar-refractivity contribution is 0.0492. The van der Waals surface area contributed by atoms with Crippen LogP contribution in [0.15, 0.2) is 30.7 Å². The van der Waals surface area contributed by atoms with Crippen LogP contribution in [0.25, 0.3) is 33.2 Å². The fourth-order valence-electron chi connectivity index (χ4n) is 6.76. The number of methoxy groups -OCH3 is 1. The van der Waals surface area contributed by atoms with E-state index in [2.05, 4.69) is 45.7 Å². The first kappa shape index (κ1) is 33.7. The molecule has 13 heteroatoms. The van der Waals surface area contributed by atoms with Crippen molar-refractivity contribution in [1.82, 2.24) is 29.6 Å². The quantitative estimate of drug-likeness (QED) is 0.132. The van der Waals surface area contributed by atoms with Crippen LogP contribution in [0.4, 0.5) is 10.6 Å². The molecule has 0 saturated carbocycles. The molecule has 11 nitrogen and oxygen atoms in total. The molecule has 2 aliphatic rings. The minimum Gasteiger partial charge on any atom is -0.444 e. The molecular formula is C34H48ClN7O4Si. The van der Waals surface area contributed by atoms with Gasteiger partial charge in [0, 0.05) is 68.8 Å². The van der Waals surface area contributed by atoms with E-state index in [4.69, 9.17) is 35.8 Å². The van der Waals surface area contributed by atoms with Crippen molar-refractivity contribution in [3.05, 3.63) is 35.7 Å².